The summed E-state index contributed by atoms with van der Waals surface area (Å²) in [4.78, 5) is 12.0. The fourth-order valence-corrected chi connectivity index (χ4v) is 2.89. The summed E-state index contributed by atoms with van der Waals surface area (Å²) in [5, 5.41) is 10.4. The second-order valence-corrected chi connectivity index (χ2v) is 6.23. The van der Waals surface area contributed by atoms with Crippen molar-refractivity contribution in [2.45, 2.75) is 58.3 Å². The highest BCUT2D eigenvalue weighted by atomic mass is 16.5. The van der Waals surface area contributed by atoms with Crippen molar-refractivity contribution >= 4 is 11.0 Å². The minimum atomic E-state index is -0.651. The standard InChI is InChI=1S/C20H28O5/c1-3-4-5-6-7-8-9-10-14-24-18-15-12-11-13-16(21)17(15)25-20(22)19(18)23-2/h11-13,21H,3-10,14H2,1-2H3. The van der Waals surface area contributed by atoms with Gasteiger partial charge in [-0.3, -0.25) is 0 Å². The molecule has 0 saturated carbocycles. The predicted octanol–water partition coefficient (Wildman–Crippen LogP) is 5.03. The quantitative estimate of drug-likeness (QED) is 0.456. The van der Waals surface area contributed by atoms with Gasteiger partial charge in [0.1, 0.15) is 0 Å². The second-order valence-electron chi connectivity index (χ2n) is 6.23. The highest BCUT2D eigenvalue weighted by Gasteiger charge is 2.18. The molecule has 0 aliphatic rings. The number of hydrogen-bond acceptors (Lipinski definition) is 5. The smallest absolute Gasteiger partial charge is 0.383 e. The Morgan fingerprint density at radius 3 is 2.36 bits per heavy atom. The van der Waals surface area contributed by atoms with E-state index in [-0.39, 0.29) is 17.1 Å². The van der Waals surface area contributed by atoms with E-state index < -0.39 is 5.63 Å². The van der Waals surface area contributed by atoms with Crippen molar-refractivity contribution in [3.8, 4) is 17.2 Å². The molecule has 0 aliphatic heterocycles. The fraction of sp³-hybridized carbons (Fsp3) is 0.550. The molecule has 2 aromatic rings. The fourth-order valence-electron chi connectivity index (χ4n) is 2.89. The molecule has 0 saturated heterocycles. The number of methoxy groups -OCH3 is 1. The first-order valence-electron chi connectivity index (χ1n) is 9.14. The van der Waals surface area contributed by atoms with Crippen molar-refractivity contribution in [3.63, 3.8) is 0 Å². The van der Waals surface area contributed by atoms with E-state index in [0.717, 1.165) is 12.8 Å². The SMILES string of the molecule is CCCCCCCCCCOc1c(OC)c(=O)oc2c(O)cccc12. The number of phenols is 1. The van der Waals surface area contributed by atoms with Crippen LogP contribution >= 0.6 is 0 Å². The maximum absolute atomic E-state index is 12.0. The second kappa shape index (κ2) is 9.97. The van der Waals surface area contributed by atoms with Crippen molar-refractivity contribution in [2.24, 2.45) is 0 Å². The molecule has 0 amide bonds. The van der Waals surface area contributed by atoms with Gasteiger partial charge in [-0.15, -0.1) is 0 Å². The van der Waals surface area contributed by atoms with Crippen molar-refractivity contribution < 1.29 is 19.0 Å². The summed E-state index contributed by atoms with van der Waals surface area (Å²) in [6.45, 7) is 2.72. The Morgan fingerprint density at radius 1 is 1.00 bits per heavy atom. The Hall–Kier alpha value is -2.17. The van der Waals surface area contributed by atoms with Crippen molar-refractivity contribution in [2.75, 3.05) is 13.7 Å². The first-order valence-corrected chi connectivity index (χ1v) is 9.14. The van der Waals surface area contributed by atoms with Crippen LogP contribution in [0.4, 0.5) is 0 Å². The molecule has 0 atom stereocenters. The lowest BCUT2D eigenvalue weighted by atomic mass is 10.1. The summed E-state index contributed by atoms with van der Waals surface area (Å²) < 4.78 is 16.1. The minimum Gasteiger partial charge on any atom is -0.504 e. The summed E-state index contributed by atoms with van der Waals surface area (Å²) in [6, 6.07) is 4.89. The molecule has 5 nitrogen and oxygen atoms in total. The summed E-state index contributed by atoms with van der Waals surface area (Å²) >= 11 is 0. The highest BCUT2D eigenvalue weighted by Crippen LogP contribution is 2.36. The van der Waals surface area contributed by atoms with Gasteiger partial charge in [-0.05, 0) is 18.6 Å². The number of phenolic OH excluding ortho intramolecular Hbond substituents is 1. The molecule has 138 valence electrons. The van der Waals surface area contributed by atoms with E-state index in [4.69, 9.17) is 13.9 Å². The summed E-state index contributed by atoms with van der Waals surface area (Å²) in [5.41, 5.74) is -0.526. The molecule has 0 bridgehead atoms. The molecule has 1 N–H and O–H groups in total. The zero-order valence-electron chi connectivity index (χ0n) is 15.2. The summed E-state index contributed by atoms with van der Waals surface area (Å²) in [7, 11) is 1.41. The van der Waals surface area contributed by atoms with Crippen LogP contribution in [0.1, 0.15) is 58.3 Å². The monoisotopic (exact) mass is 348 g/mol. The van der Waals surface area contributed by atoms with E-state index in [1.807, 2.05) is 0 Å². The molecular formula is C20H28O5. The third-order valence-corrected chi connectivity index (χ3v) is 4.27. The zero-order valence-corrected chi connectivity index (χ0v) is 15.2. The molecule has 0 radical (unpaired) electrons. The third kappa shape index (κ3) is 5.15. The molecule has 0 unspecified atom stereocenters. The molecule has 0 spiro atoms. The number of rotatable bonds is 11. The minimum absolute atomic E-state index is 0.0395. The van der Waals surface area contributed by atoms with Gasteiger partial charge in [0.25, 0.3) is 0 Å². The molecule has 1 heterocycles. The average molecular weight is 348 g/mol. The topological polar surface area (TPSA) is 68.9 Å². The molecule has 0 aliphatic carbocycles. The third-order valence-electron chi connectivity index (χ3n) is 4.27. The van der Waals surface area contributed by atoms with Crippen LogP contribution in [-0.4, -0.2) is 18.8 Å². The van der Waals surface area contributed by atoms with Gasteiger partial charge in [0.2, 0.25) is 5.75 Å². The predicted molar refractivity (Wildman–Crippen MR) is 98.8 cm³/mol. The maximum atomic E-state index is 12.0. The Labute approximate surface area is 148 Å². The van der Waals surface area contributed by atoms with Crippen LogP contribution in [-0.2, 0) is 0 Å². The van der Waals surface area contributed by atoms with Gasteiger partial charge in [-0.2, -0.15) is 0 Å². The molecule has 0 fully saturated rings. The normalized spacial score (nSPS) is 11.0. The maximum Gasteiger partial charge on any atom is 0.383 e. The van der Waals surface area contributed by atoms with Crippen LogP contribution < -0.4 is 15.1 Å². The Balaban J connectivity index is 1.94. The van der Waals surface area contributed by atoms with Crippen molar-refractivity contribution in [1.82, 2.24) is 0 Å². The number of fused-ring (bicyclic) bond motifs is 1. The summed E-state index contributed by atoms with van der Waals surface area (Å²) in [5.74, 6) is 0.291. The largest absolute Gasteiger partial charge is 0.504 e. The average Bonchev–Trinajstić information content (AvgIpc) is 2.61. The van der Waals surface area contributed by atoms with Crippen LogP contribution in [0.5, 0.6) is 17.2 Å². The van der Waals surface area contributed by atoms with Gasteiger partial charge < -0.3 is 19.0 Å². The number of hydrogen-bond donors (Lipinski definition) is 1. The Morgan fingerprint density at radius 2 is 1.68 bits per heavy atom. The first-order chi connectivity index (χ1) is 12.2. The molecular weight excluding hydrogens is 320 g/mol. The zero-order chi connectivity index (χ0) is 18.1. The van der Waals surface area contributed by atoms with E-state index in [0.29, 0.717) is 17.7 Å². The van der Waals surface area contributed by atoms with Crippen molar-refractivity contribution in [3.05, 3.63) is 28.6 Å². The molecule has 2 rings (SSSR count). The first kappa shape index (κ1) is 19.2. The van der Waals surface area contributed by atoms with Gasteiger partial charge >= 0.3 is 5.63 Å². The Kier molecular flexibility index (Phi) is 7.64. The lowest BCUT2D eigenvalue weighted by Gasteiger charge is -2.12. The number of unbranched alkanes of at least 4 members (excludes halogenated alkanes) is 7. The van der Waals surface area contributed by atoms with Crippen LogP contribution in [0.15, 0.2) is 27.4 Å². The van der Waals surface area contributed by atoms with Crippen LogP contribution in [0.3, 0.4) is 0 Å². The number of benzene rings is 1. The lowest BCUT2D eigenvalue weighted by Crippen LogP contribution is -2.08. The number of ether oxygens (including phenoxy) is 2. The van der Waals surface area contributed by atoms with Crippen LogP contribution in [0.2, 0.25) is 0 Å². The van der Waals surface area contributed by atoms with Gasteiger partial charge in [0.15, 0.2) is 17.1 Å². The van der Waals surface area contributed by atoms with E-state index in [1.54, 1.807) is 12.1 Å². The van der Waals surface area contributed by atoms with Crippen molar-refractivity contribution in [1.29, 1.82) is 0 Å². The van der Waals surface area contributed by atoms with E-state index >= 15 is 0 Å². The molecule has 1 aromatic carbocycles. The van der Waals surface area contributed by atoms with E-state index in [2.05, 4.69) is 6.92 Å². The number of para-hydroxylation sites is 1. The summed E-state index contributed by atoms with van der Waals surface area (Å²) in [6.07, 6.45) is 9.67. The van der Waals surface area contributed by atoms with Gasteiger partial charge in [-0.1, -0.05) is 57.9 Å². The van der Waals surface area contributed by atoms with Gasteiger partial charge in [-0.25, -0.2) is 4.79 Å². The van der Waals surface area contributed by atoms with E-state index in [9.17, 15) is 9.90 Å². The lowest BCUT2D eigenvalue weighted by molar-refractivity contribution is 0.280. The Bertz CT molecular complexity index is 720. The molecule has 25 heavy (non-hydrogen) atoms. The van der Waals surface area contributed by atoms with E-state index in [1.165, 1.54) is 51.7 Å². The molecule has 1 aromatic heterocycles. The van der Waals surface area contributed by atoms with Gasteiger partial charge in [0.05, 0.1) is 19.1 Å². The highest BCUT2D eigenvalue weighted by molar-refractivity contribution is 5.89. The van der Waals surface area contributed by atoms with Crippen LogP contribution in [0, 0.1) is 0 Å². The molecule has 5 heteroatoms. The van der Waals surface area contributed by atoms with Gasteiger partial charge in [0, 0.05) is 0 Å². The van der Waals surface area contributed by atoms with Crippen LogP contribution in [0.25, 0.3) is 11.0 Å². The number of aromatic hydroxyl groups is 1.